The topological polar surface area (TPSA) is 61.2 Å². The van der Waals surface area contributed by atoms with Crippen LogP contribution in [-0.4, -0.2) is 27.9 Å². The lowest BCUT2D eigenvalue weighted by atomic mass is 9.98. The van der Waals surface area contributed by atoms with Gasteiger partial charge in [0.25, 0.3) is 0 Å². The molecule has 2 aromatic heterocycles. The second-order valence-corrected chi connectivity index (χ2v) is 8.38. The number of para-hydroxylation sites is 1. The highest BCUT2D eigenvalue weighted by Gasteiger charge is 2.22. The number of aromatic nitrogens is 2. The summed E-state index contributed by atoms with van der Waals surface area (Å²) in [7, 11) is 0. The van der Waals surface area contributed by atoms with Gasteiger partial charge in [0.15, 0.2) is 5.16 Å². The van der Waals surface area contributed by atoms with Gasteiger partial charge in [-0.2, -0.15) is 0 Å². The minimum Gasteiger partial charge on any atom is -0.465 e. The molecule has 0 saturated carbocycles. The largest absolute Gasteiger partial charge is 0.465 e. The molecule has 0 N–H and O–H groups in total. The van der Waals surface area contributed by atoms with Gasteiger partial charge in [0.1, 0.15) is 10.3 Å². The molecule has 1 aromatic carbocycles. The monoisotopic (exact) mass is 400 g/mol. The molecule has 27 heavy (non-hydrogen) atoms. The molecule has 0 fully saturated rings. The zero-order valence-corrected chi connectivity index (χ0v) is 16.7. The van der Waals surface area contributed by atoms with E-state index in [-0.39, 0.29) is 17.2 Å². The van der Waals surface area contributed by atoms with Crippen molar-refractivity contribution >= 4 is 39.4 Å². The Bertz CT molecular complexity index is 1040. The highest BCUT2D eigenvalue weighted by atomic mass is 32.2. The number of thioether (sulfide) groups is 1. The summed E-state index contributed by atoms with van der Waals surface area (Å²) < 4.78 is 7.03. The van der Waals surface area contributed by atoms with Crippen LogP contribution in [-0.2, 0) is 22.4 Å². The Hall–Kier alpha value is -2.12. The van der Waals surface area contributed by atoms with Crippen molar-refractivity contribution in [3.63, 3.8) is 0 Å². The number of rotatable bonds is 5. The fraction of sp³-hybridized carbons (Fsp3) is 0.350. The number of carbonyl (C=O) groups excluding carboxylic acids is 1. The van der Waals surface area contributed by atoms with Crippen LogP contribution in [0.2, 0.25) is 0 Å². The number of hydrogen-bond acceptors (Lipinski definition) is 6. The summed E-state index contributed by atoms with van der Waals surface area (Å²) in [6, 6.07) is 9.86. The maximum atomic E-state index is 13.0. The molecular formula is C20H20N2O3S2. The molecule has 0 unspecified atom stereocenters. The van der Waals surface area contributed by atoms with Gasteiger partial charge in [-0.05, 0) is 44.7 Å². The summed E-state index contributed by atoms with van der Waals surface area (Å²) >= 11 is 2.97. The zero-order valence-electron chi connectivity index (χ0n) is 15.1. The molecule has 0 bridgehead atoms. The van der Waals surface area contributed by atoms with Crippen molar-refractivity contribution in [2.45, 2.75) is 37.8 Å². The Kier molecular flexibility index (Phi) is 5.31. The van der Waals surface area contributed by atoms with Crippen molar-refractivity contribution in [2.24, 2.45) is 0 Å². The third kappa shape index (κ3) is 3.53. The molecule has 0 radical (unpaired) electrons. The van der Waals surface area contributed by atoms with Crippen LogP contribution < -0.4 is 5.43 Å². The van der Waals surface area contributed by atoms with E-state index < -0.39 is 0 Å². The van der Waals surface area contributed by atoms with Crippen molar-refractivity contribution in [3.05, 3.63) is 51.0 Å². The van der Waals surface area contributed by atoms with E-state index in [4.69, 9.17) is 4.74 Å². The smallest absolute Gasteiger partial charge is 0.316 e. The molecule has 0 aliphatic heterocycles. The van der Waals surface area contributed by atoms with E-state index in [2.05, 4.69) is 4.98 Å². The summed E-state index contributed by atoms with van der Waals surface area (Å²) in [6.45, 7) is 2.14. The van der Waals surface area contributed by atoms with E-state index >= 15 is 0 Å². The first-order valence-corrected chi connectivity index (χ1v) is 10.9. The van der Waals surface area contributed by atoms with Crippen LogP contribution in [0.1, 0.15) is 30.2 Å². The van der Waals surface area contributed by atoms with Crippen LogP contribution in [0.3, 0.4) is 0 Å². The number of fused-ring (bicyclic) bond motifs is 2. The first kappa shape index (κ1) is 18.3. The van der Waals surface area contributed by atoms with Crippen LogP contribution in [0.5, 0.6) is 0 Å². The van der Waals surface area contributed by atoms with Gasteiger partial charge in [-0.1, -0.05) is 30.0 Å². The summed E-state index contributed by atoms with van der Waals surface area (Å²) in [5.41, 5.74) is 2.43. The average Bonchev–Trinajstić information content (AvgIpc) is 3.06. The highest BCUT2D eigenvalue weighted by Crippen LogP contribution is 2.33. The predicted octanol–water partition coefficient (Wildman–Crippen LogP) is 3.98. The fourth-order valence-electron chi connectivity index (χ4n) is 3.35. The van der Waals surface area contributed by atoms with Crippen molar-refractivity contribution in [1.82, 2.24) is 9.55 Å². The summed E-state index contributed by atoms with van der Waals surface area (Å²) in [4.78, 5) is 31.5. The van der Waals surface area contributed by atoms with Gasteiger partial charge in [0.2, 0.25) is 5.43 Å². The highest BCUT2D eigenvalue weighted by molar-refractivity contribution is 7.99. The van der Waals surface area contributed by atoms with E-state index in [1.54, 1.807) is 18.3 Å². The van der Waals surface area contributed by atoms with Crippen molar-refractivity contribution in [1.29, 1.82) is 0 Å². The molecule has 0 spiro atoms. The number of aryl methyl sites for hydroxylation is 1. The normalized spacial score (nSPS) is 13.5. The van der Waals surface area contributed by atoms with Crippen LogP contribution in [0.4, 0.5) is 0 Å². The number of benzene rings is 1. The molecule has 0 amide bonds. The molecule has 140 valence electrons. The average molecular weight is 401 g/mol. The maximum Gasteiger partial charge on any atom is 0.316 e. The van der Waals surface area contributed by atoms with E-state index in [1.165, 1.54) is 16.6 Å². The lowest BCUT2D eigenvalue weighted by molar-refractivity contribution is -0.139. The molecule has 0 saturated heterocycles. The standard InChI is InChI=1S/C20H20N2O3S2/c1-2-25-16(23)12-26-20-21-17-18(24)14-10-6-7-11-15(14)27-19(17)22(20)13-8-4-3-5-9-13/h3-5,8-9H,2,6-7,10-12H2,1H3. The third-order valence-electron chi connectivity index (χ3n) is 4.57. The first-order chi connectivity index (χ1) is 13.2. The second-order valence-electron chi connectivity index (χ2n) is 6.35. The molecule has 1 aliphatic carbocycles. The van der Waals surface area contributed by atoms with Crippen molar-refractivity contribution in [2.75, 3.05) is 12.4 Å². The quantitative estimate of drug-likeness (QED) is 0.479. The van der Waals surface area contributed by atoms with Gasteiger partial charge in [-0.15, -0.1) is 11.3 Å². The Labute approximate surface area is 165 Å². The van der Waals surface area contributed by atoms with Crippen LogP contribution in [0, 0.1) is 0 Å². The molecule has 3 aromatic rings. The summed E-state index contributed by atoms with van der Waals surface area (Å²) in [5, 5.41) is 0.653. The van der Waals surface area contributed by atoms with E-state index in [0.29, 0.717) is 17.3 Å². The van der Waals surface area contributed by atoms with Gasteiger partial charge in [0.05, 0.1) is 12.4 Å². The maximum absolute atomic E-state index is 13.0. The summed E-state index contributed by atoms with van der Waals surface area (Å²) in [5.74, 6) is -0.109. The summed E-state index contributed by atoms with van der Waals surface area (Å²) in [6.07, 6.45) is 3.98. The SMILES string of the molecule is CCOC(=O)CSc1nc2c(=O)c3c(sc2n1-c1ccccc1)CCCC3. The second kappa shape index (κ2) is 7.86. The number of imidazole rings is 1. The molecule has 4 rings (SSSR count). The molecular weight excluding hydrogens is 380 g/mol. The van der Waals surface area contributed by atoms with Gasteiger partial charge in [-0.25, -0.2) is 4.98 Å². The fourth-order valence-corrected chi connectivity index (χ4v) is 5.53. The van der Waals surface area contributed by atoms with Crippen LogP contribution in [0.25, 0.3) is 16.0 Å². The van der Waals surface area contributed by atoms with Crippen LogP contribution >= 0.6 is 23.1 Å². The number of carbonyl (C=O) groups is 1. The predicted molar refractivity (Wildman–Crippen MR) is 109 cm³/mol. The molecule has 0 atom stereocenters. The molecule has 2 heterocycles. The van der Waals surface area contributed by atoms with Gasteiger partial charge < -0.3 is 4.74 Å². The molecule has 7 heteroatoms. The number of hydrogen-bond donors (Lipinski definition) is 0. The van der Waals surface area contributed by atoms with Gasteiger partial charge >= 0.3 is 5.97 Å². The zero-order chi connectivity index (χ0) is 18.8. The minimum atomic E-state index is -0.278. The van der Waals surface area contributed by atoms with Gasteiger partial charge in [-0.3, -0.25) is 14.2 Å². The Morgan fingerprint density at radius 3 is 2.81 bits per heavy atom. The lowest BCUT2D eigenvalue weighted by Gasteiger charge is -2.14. The van der Waals surface area contributed by atoms with Crippen molar-refractivity contribution in [3.8, 4) is 5.69 Å². The van der Waals surface area contributed by atoms with Crippen LogP contribution in [0.15, 0.2) is 40.3 Å². The lowest BCUT2D eigenvalue weighted by Crippen LogP contribution is -2.15. The third-order valence-corrected chi connectivity index (χ3v) is 6.75. The van der Waals surface area contributed by atoms with E-state index in [1.807, 2.05) is 34.9 Å². The number of ether oxygens (including phenoxy) is 1. The molecule has 5 nitrogen and oxygen atoms in total. The Morgan fingerprint density at radius 1 is 1.26 bits per heavy atom. The Morgan fingerprint density at radius 2 is 2.04 bits per heavy atom. The Balaban J connectivity index is 1.87. The molecule has 1 aliphatic rings. The van der Waals surface area contributed by atoms with E-state index in [9.17, 15) is 9.59 Å². The number of nitrogens with zero attached hydrogens (tertiary/aromatic N) is 2. The first-order valence-electron chi connectivity index (χ1n) is 9.10. The number of esters is 1. The van der Waals surface area contributed by atoms with E-state index in [0.717, 1.165) is 41.8 Å². The van der Waals surface area contributed by atoms with Crippen molar-refractivity contribution < 1.29 is 9.53 Å². The minimum absolute atomic E-state index is 0.0473. The van der Waals surface area contributed by atoms with Gasteiger partial charge in [0, 0.05) is 16.1 Å².